The Morgan fingerprint density at radius 1 is 0.700 bits per heavy atom. The van der Waals surface area contributed by atoms with Gasteiger partial charge in [0.1, 0.15) is 0 Å². The number of ether oxygens (including phenoxy) is 1. The number of carbonyl (C=O) groups is 1. The van der Waals surface area contributed by atoms with E-state index in [4.69, 9.17) is 24.1 Å². The number of para-hydroxylation sites is 3. The fraction of sp³-hybridized carbons (Fsp3) is 0.462. The average Bonchev–Trinajstić information content (AvgIpc) is 3.47. The van der Waals surface area contributed by atoms with Crippen molar-refractivity contribution in [1.82, 2.24) is 5.32 Å². The van der Waals surface area contributed by atoms with E-state index < -0.39 is 24.0 Å². The molecule has 4 rings (SSSR count). The van der Waals surface area contributed by atoms with Crippen LogP contribution in [0.3, 0.4) is 0 Å². The quantitative estimate of drug-likeness (QED) is 0.207. The van der Waals surface area contributed by atoms with Gasteiger partial charge in [0.05, 0.1) is 0 Å². The van der Waals surface area contributed by atoms with Crippen molar-refractivity contribution in [3.63, 3.8) is 0 Å². The molecule has 1 aliphatic rings. The Morgan fingerprint density at radius 2 is 1.10 bits per heavy atom. The zero-order chi connectivity index (χ0) is 37.3. The molecule has 1 N–H and O–H groups in total. The van der Waals surface area contributed by atoms with Crippen LogP contribution in [0.1, 0.15) is 121 Å². The van der Waals surface area contributed by atoms with Crippen molar-refractivity contribution in [2.24, 2.45) is 0 Å². The van der Waals surface area contributed by atoms with Gasteiger partial charge in [-0.1, -0.05) is 0 Å². The summed E-state index contributed by atoms with van der Waals surface area (Å²) in [5.74, 6) is -1.40. The summed E-state index contributed by atoms with van der Waals surface area (Å²) in [6.45, 7) is 21.6. The molecule has 1 aliphatic heterocycles. The van der Waals surface area contributed by atoms with Crippen molar-refractivity contribution < 1.29 is 34.6 Å². The van der Waals surface area contributed by atoms with Gasteiger partial charge in [0.15, 0.2) is 0 Å². The van der Waals surface area contributed by atoms with Crippen molar-refractivity contribution in [2.75, 3.05) is 22.9 Å². The molecule has 0 spiro atoms. The zero-order valence-electron chi connectivity index (χ0n) is 30.5. The van der Waals surface area contributed by atoms with Crippen LogP contribution in [0.15, 0.2) is 60.7 Å². The molecular weight excluding hydrogens is 771 g/mol. The van der Waals surface area contributed by atoms with Gasteiger partial charge in [-0.25, -0.2) is 0 Å². The predicted octanol–water partition coefficient (Wildman–Crippen LogP) is 10.7. The molecule has 0 atom stereocenters. The molecule has 3 aromatic rings. The maximum absolute atomic E-state index is 14.1. The standard InChI is InChI=1S/C27H38N2.C12H12F3NO2.2ClH.Ru/c1-18(2)22-11-9-12-23(19(3)4)26(22)28-15-16-29(17-28)27-24(20(5)6)13-10-14-25(27)21(7)8;1-8(2)18-10-6-4-3-5-9(10)7-16-11(17)12(13,14)15;;;/h9-14,18-21H,15-16H2,1-8H3;3-6,8H,1-2H3,(H,16,17);2*1H;/q;;;;+2/p-2. The average molecular weight is 822 g/mol. The first-order valence-electron chi connectivity index (χ1n) is 17.1. The van der Waals surface area contributed by atoms with Crippen LogP contribution in [0.2, 0.25) is 0 Å². The summed E-state index contributed by atoms with van der Waals surface area (Å²) in [5, 5.41) is 2.21. The third-order valence-electron chi connectivity index (χ3n) is 8.58. The molecule has 1 amide bonds. The summed E-state index contributed by atoms with van der Waals surface area (Å²) in [7, 11) is 15.6. The number of rotatable bonds is 10. The number of amides is 1. The van der Waals surface area contributed by atoms with Crippen LogP contribution >= 0.6 is 19.4 Å². The third kappa shape index (κ3) is 8.32. The Balaban J connectivity index is 2.32. The van der Waals surface area contributed by atoms with Gasteiger partial charge < -0.3 is 0 Å². The molecule has 0 unspecified atom stereocenters. The summed E-state index contributed by atoms with van der Waals surface area (Å²) in [6.07, 6.45) is -5.50. The maximum atomic E-state index is 14.1. The molecule has 3 aromatic carbocycles. The van der Waals surface area contributed by atoms with E-state index in [1.165, 1.54) is 0 Å². The minimum absolute atomic E-state index is 0.118. The number of carbonyl (C=O) groups excluding carboxylic acids is 1. The number of hydrogen-bond acceptors (Lipinski definition) is 4. The zero-order valence-corrected chi connectivity index (χ0v) is 33.8. The van der Waals surface area contributed by atoms with E-state index >= 15 is 0 Å². The molecule has 1 fully saturated rings. The van der Waals surface area contributed by atoms with E-state index in [2.05, 4.69) is 94.8 Å². The molecule has 0 aliphatic carbocycles. The van der Waals surface area contributed by atoms with Crippen molar-refractivity contribution in [3.8, 4) is 5.75 Å². The van der Waals surface area contributed by atoms with E-state index in [9.17, 15) is 18.0 Å². The molecule has 5 nitrogen and oxygen atoms in total. The fourth-order valence-electron chi connectivity index (χ4n) is 6.30. The number of benzene rings is 3. The van der Waals surface area contributed by atoms with Crippen LogP contribution in [-0.4, -0.2) is 39.9 Å². The van der Waals surface area contributed by atoms with Gasteiger partial charge in [-0.15, -0.1) is 0 Å². The summed E-state index contributed by atoms with van der Waals surface area (Å²) in [6, 6.07) is 19.1. The van der Waals surface area contributed by atoms with Gasteiger partial charge in [0.25, 0.3) is 0 Å². The Hall–Kier alpha value is -2.74. The van der Waals surface area contributed by atoms with Gasteiger partial charge >= 0.3 is 307 Å². The van der Waals surface area contributed by atoms with Crippen molar-refractivity contribution in [2.45, 2.75) is 105 Å². The van der Waals surface area contributed by atoms with E-state index in [0.29, 0.717) is 17.4 Å². The summed E-state index contributed by atoms with van der Waals surface area (Å²) in [5.41, 5.74) is 6.41. The Morgan fingerprint density at radius 3 is 1.46 bits per heavy atom. The first kappa shape index (κ1) is 40.0. The van der Waals surface area contributed by atoms with Gasteiger partial charge in [0, 0.05) is 0 Å². The van der Waals surface area contributed by atoms with Gasteiger partial charge in [0.2, 0.25) is 0 Å². The van der Waals surface area contributed by atoms with Crippen molar-refractivity contribution in [3.05, 3.63) is 88.5 Å². The second-order valence-electron chi connectivity index (χ2n) is 14.1. The SMILES string of the molecule is CC(C)Oc1ccccc1[C](NC(=O)C(F)(F)F)=[Ru]([Cl])([Cl])=[C]1N(c2c(C(C)C)cccc2C(C)C)CCN1c1c(C(C)C)cccc1C(C)C. The topological polar surface area (TPSA) is 44.8 Å². The Kier molecular flexibility index (Phi) is 12.7. The van der Waals surface area contributed by atoms with Gasteiger partial charge in [-0.2, -0.15) is 0 Å². The van der Waals surface area contributed by atoms with Gasteiger partial charge in [-0.3, -0.25) is 0 Å². The number of halogens is 5. The summed E-state index contributed by atoms with van der Waals surface area (Å²) in [4.78, 5) is 17.2. The van der Waals surface area contributed by atoms with Crippen LogP contribution in [0.4, 0.5) is 24.5 Å². The number of alkyl halides is 3. The van der Waals surface area contributed by atoms with Crippen LogP contribution in [0.5, 0.6) is 5.75 Å². The molecule has 0 bridgehead atoms. The van der Waals surface area contributed by atoms with Gasteiger partial charge in [-0.05, 0) is 0 Å². The molecule has 0 aromatic heterocycles. The molecule has 276 valence electrons. The minimum atomic E-state index is -5.19. The van der Waals surface area contributed by atoms with Crippen molar-refractivity contribution in [1.29, 1.82) is 0 Å². The molecule has 1 saturated heterocycles. The fourth-order valence-corrected chi connectivity index (χ4v) is 13.0. The number of nitrogens with zero attached hydrogens (tertiary/aromatic N) is 2. The first-order chi connectivity index (χ1) is 23.3. The second-order valence-corrected chi connectivity index (χ2v) is 23.3. The number of anilines is 2. The van der Waals surface area contributed by atoms with E-state index in [1.54, 1.807) is 24.3 Å². The summed E-state index contributed by atoms with van der Waals surface area (Å²) >= 11 is -4.85. The monoisotopic (exact) mass is 821 g/mol. The van der Waals surface area contributed by atoms with E-state index in [0.717, 1.165) is 33.6 Å². The molecule has 11 heteroatoms. The van der Waals surface area contributed by atoms with Crippen LogP contribution in [-0.2, 0) is 16.7 Å². The van der Waals surface area contributed by atoms with E-state index in [1.807, 2.05) is 26.0 Å². The van der Waals surface area contributed by atoms with Crippen LogP contribution in [0, 0.1) is 0 Å². The number of hydrogen-bond donors (Lipinski definition) is 1. The molecule has 0 saturated carbocycles. The van der Waals surface area contributed by atoms with E-state index in [-0.39, 0.29) is 45.3 Å². The predicted molar refractivity (Wildman–Crippen MR) is 201 cm³/mol. The summed E-state index contributed by atoms with van der Waals surface area (Å²) < 4.78 is 48.7. The Bertz CT molecular complexity index is 1710. The molecule has 1 heterocycles. The normalized spacial score (nSPS) is 14.5. The second kappa shape index (κ2) is 15.9. The van der Waals surface area contributed by atoms with Crippen LogP contribution < -0.4 is 19.9 Å². The first-order valence-corrected chi connectivity index (χ1v) is 23.3. The molecule has 0 radical (unpaired) electrons. The Labute approximate surface area is 306 Å². The number of nitrogens with one attached hydrogen (secondary N) is 1. The van der Waals surface area contributed by atoms with Crippen LogP contribution in [0.25, 0.3) is 0 Å². The molecular formula is C39H50Cl2F3N3O2Ru. The molecule has 50 heavy (non-hydrogen) atoms. The third-order valence-corrected chi connectivity index (χ3v) is 15.3. The van der Waals surface area contributed by atoms with Crippen molar-refractivity contribution >= 4 is 45.2 Å².